The van der Waals surface area contributed by atoms with Crippen molar-refractivity contribution in [3.05, 3.63) is 120 Å². The van der Waals surface area contributed by atoms with Gasteiger partial charge in [0.15, 0.2) is 17.3 Å². The predicted molar refractivity (Wildman–Crippen MR) is 489 cm³/mol. The third-order valence-electron chi connectivity index (χ3n) is 31.9. The molecule has 6 spiro atoms. The number of aliphatic hydroxyl groups excluding tert-OH is 3. The molecular weight excluding hydrogens is 1610 g/mol. The molecular formula is C105H155N3O19. The summed E-state index contributed by atoms with van der Waals surface area (Å²) in [5.41, 5.74) is 3.18. The van der Waals surface area contributed by atoms with Crippen LogP contribution < -0.4 is 0 Å². The molecule has 0 aromatic rings. The van der Waals surface area contributed by atoms with Crippen molar-refractivity contribution < 1.29 is 91.5 Å². The monoisotopic (exact) mass is 1760 g/mol. The molecule has 6 saturated carbocycles. The van der Waals surface area contributed by atoms with E-state index in [4.69, 9.17) is 42.6 Å². The summed E-state index contributed by atoms with van der Waals surface area (Å²) in [4.78, 5) is 92.4. The van der Waals surface area contributed by atoms with Crippen LogP contribution >= 0.6 is 0 Å². The molecule has 3 amide bonds. The molecule has 9 aliphatic heterocycles. The maximum Gasteiger partial charge on any atom is 0.410 e. The minimum absolute atomic E-state index is 0.0465. The molecule has 15 fully saturated rings. The van der Waals surface area contributed by atoms with Crippen molar-refractivity contribution in [1.29, 1.82) is 0 Å². The number of aliphatic hydroxyl groups is 3. The molecule has 22 heteroatoms. The number of nitrogens with zero attached hydrogens (tertiary/aromatic N) is 3. The summed E-state index contributed by atoms with van der Waals surface area (Å²) in [6, 6.07) is 0.0465. The van der Waals surface area contributed by atoms with Gasteiger partial charge in [0.25, 0.3) is 0 Å². The van der Waals surface area contributed by atoms with E-state index in [-0.39, 0.29) is 99.2 Å². The average Bonchev–Trinajstić information content (AvgIpc) is 1.56. The van der Waals surface area contributed by atoms with Crippen molar-refractivity contribution in [2.45, 2.75) is 365 Å². The van der Waals surface area contributed by atoms with Crippen molar-refractivity contribution in [2.75, 3.05) is 52.5 Å². The van der Waals surface area contributed by atoms with Gasteiger partial charge >= 0.3 is 18.3 Å². The Labute approximate surface area is 758 Å². The summed E-state index contributed by atoms with van der Waals surface area (Å²) in [5.74, 6) is 6.17. The number of piperidine rings is 1. The minimum Gasteiger partial charge on any atom is -0.442 e. The summed E-state index contributed by atoms with van der Waals surface area (Å²) < 4.78 is 52.4. The number of Topliss-reactive ketones (excluding diaryl/α,β-unsaturated/α-hetero) is 1. The molecule has 3 N–H and O–H groups in total. The fourth-order valence-electron chi connectivity index (χ4n) is 22.4. The van der Waals surface area contributed by atoms with Crippen LogP contribution in [0, 0.1) is 76.9 Å². The van der Waals surface area contributed by atoms with Crippen molar-refractivity contribution in [1.82, 2.24) is 14.7 Å². The van der Waals surface area contributed by atoms with Crippen LogP contribution in [0.4, 0.5) is 14.4 Å². The Morgan fingerprint density at radius 3 is 1.06 bits per heavy atom. The second-order valence-electron chi connectivity index (χ2n) is 42.8. The number of carbonyl (C=O) groups is 7. The van der Waals surface area contributed by atoms with E-state index in [9.17, 15) is 48.9 Å². The summed E-state index contributed by atoms with van der Waals surface area (Å²) in [5, 5.41) is 32.4. The summed E-state index contributed by atoms with van der Waals surface area (Å²) in [7, 11) is 0. The maximum atomic E-state index is 12.9. The Hall–Kier alpha value is -6.47. The Morgan fingerprint density at radius 1 is 0.417 bits per heavy atom. The Morgan fingerprint density at radius 2 is 0.740 bits per heavy atom. The molecule has 9 heterocycles. The normalized spacial score (nSPS) is 37.7. The predicted octanol–water partition coefficient (Wildman–Crippen LogP) is 18.4. The molecule has 0 aromatic carbocycles. The first-order valence-corrected chi connectivity index (χ1v) is 49.1. The summed E-state index contributed by atoms with van der Waals surface area (Å²) >= 11 is 0. The highest BCUT2D eigenvalue weighted by atomic mass is 16.6. The first-order chi connectivity index (χ1) is 60.4. The Kier molecular flexibility index (Phi) is 32.6. The number of amides is 3. The van der Waals surface area contributed by atoms with Crippen LogP contribution in [0.5, 0.6) is 0 Å². The molecule has 5 unspecified atom stereocenters. The van der Waals surface area contributed by atoms with Crippen molar-refractivity contribution >= 4 is 41.4 Å². The van der Waals surface area contributed by atoms with Gasteiger partial charge in [-0.15, -0.1) is 0 Å². The number of allylic oxidation sites excluding steroid dienone is 12. The van der Waals surface area contributed by atoms with Crippen LogP contribution in [0.2, 0.25) is 0 Å². The number of ketones is 4. The fraction of sp³-hybridized carbons (Fsp3) is 0.743. The third kappa shape index (κ3) is 26.3. The van der Waals surface area contributed by atoms with Gasteiger partial charge in [0.2, 0.25) is 0 Å². The van der Waals surface area contributed by atoms with Crippen molar-refractivity contribution in [3.63, 3.8) is 0 Å². The highest BCUT2D eigenvalue weighted by molar-refractivity contribution is 5.91. The SMILES string of the molecule is C=C(C)C1CCCN1C(=O)O[C@@H](C)/C=C\C(=O)C[C@@H]1C[C@H](C)[C@H](C/C=C(C)/C=C/C2OC3(CC3)C[C@@]3(CO3)[C@@H]2O)C[C@@H]1C.CC(/C=C/C1OC2(CC2)C[C@@]2(CO2)[C@@H]1O)=C\C[C@@H]1C[C@H](C)[C@H](CC(=O)/C=C\[C@H](C)OC(=O)N2CCCCC2)C[C@@H]1C.CC(=O)C1CCN(C(=O)O[C@@H](C)/C=C\C(=O)C[C@@H]2C[C@H](C)[C@H](C/C=C(C)/C=C/C3OC4(CC4)C[C@@]4(CO4)[C@@H]3O)C[C@@H]2C)C1. The highest BCUT2D eigenvalue weighted by Crippen LogP contribution is 2.59. The zero-order valence-corrected chi connectivity index (χ0v) is 79.1. The molecule has 6 aliphatic carbocycles. The van der Waals surface area contributed by atoms with Gasteiger partial charge in [0.1, 0.15) is 77.5 Å². The molecule has 704 valence electrons. The molecule has 9 saturated heterocycles. The van der Waals surface area contributed by atoms with Gasteiger partial charge in [-0.2, -0.15) is 0 Å². The second kappa shape index (κ2) is 42.2. The largest absolute Gasteiger partial charge is 0.442 e. The van der Waals surface area contributed by atoms with Gasteiger partial charge in [0.05, 0.1) is 42.7 Å². The third-order valence-corrected chi connectivity index (χ3v) is 31.9. The first kappa shape index (κ1) is 98.0. The van der Waals surface area contributed by atoms with Crippen LogP contribution in [0.25, 0.3) is 0 Å². The number of rotatable bonds is 29. The van der Waals surface area contributed by atoms with Gasteiger partial charge < -0.3 is 72.7 Å². The summed E-state index contributed by atoms with van der Waals surface area (Å²) in [6.07, 6.45) is 49.8. The lowest BCUT2D eigenvalue weighted by molar-refractivity contribution is -0.145. The first-order valence-electron chi connectivity index (χ1n) is 49.1. The molecule has 26 atom stereocenters. The van der Waals surface area contributed by atoms with E-state index in [0.717, 1.165) is 160 Å². The number of hydrogen-bond donors (Lipinski definition) is 3. The average molecular weight is 1760 g/mol. The number of likely N-dealkylation sites (tertiary alicyclic amines) is 3. The molecule has 127 heavy (non-hydrogen) atoms. The Bertz CT molecular complexity index is 4150. The van der Waals surface area contributed by atoms with Crippen LogP contribution in [-0.4, -0.2) is 219 Å². The lowest BCUT2D eigenvalue weighted by Crippen LogP contribution is -2.50. The zero-order chi connectivity index (χ0) is 91.1. The van der Waals surface area contributed by atoms with Gasteiger partial charge in [0, 0.05) is 77.2 Å². The molecule has 0 radical (unpaired) electrons. The van der Waals surface area contributed by atoms with Crippen LogP contribution in [-0.2, 0) is 61.8 Å². The van der Waals surface area contributed by atoms with E-state index in [1.807, 2.05) is 32.1 Å². The van der Waals surface area contributed by atoms with E-state index in [1.165, 1.54) is 23.1 Å². The van der Waals surface area contributed by atoms with E-state index >= 15 is 0 Å². The smallest absolute Gasteiger partial charge is 0.410 e. The van der Waals surface area contributed by atoms with E-state index in [0.29, 0.717) is 136 Å². The standard InChI is InChI=1S/C36H53NO6.C35H51NO7.C34H51NO6/c1-23(2)31-8-7-17-37(31)34(40)42-27(6)11-13-30(38)20-29-19-25(4)28(18-26(29)5)12-9-24(3)10-14-32-33(39)36(22-41-36)21-35(43-32)15-16-35;1-22(7-11-31-32(39)35(21-41-35)20-34(43-31)13-14-34)6-9-27-16-24(3)29(17-23(27)2)18-30(38)10-8-25(4)42-33(40)36-15-12-28(19-36)26(5)37;1-23(9-13-30-31(37)34(22-39-34)21-33(41-30)14-15-33)8-11-27-18-25(3)28(19-24(27)2)20-29(36)12-10-26(4)40-32(38)35-16-6-5-7-17-35/h9-11,13-14,25-29,31-33,39H,1,7-8,12,15-22H2,2-6H3;6-8,10-11,23-25,27-29,31-32,39H,9,12-21H2,1-5H3;8-10,12-13,24-28,30-31,37H,5-7,11,14-22H2,1-4H3/b13-11-,14-10+,24-9+;10-8-,11-7+,22-6+;12-10-,13-9+,23-8+/t25-,26-,27-,28+,29-,31?,32?,33+,36+;23-,24-,25-,27+,28?,29-,31?,32+,35+;24-,25-,26-,27+,28-,30?,31+,34+/m000/s1. The minimum atomic E-state index is -0.605. The van der Waals surface area contributed by atoms with Gasteiger partial charge in [-0.25, -0.2) is 14.4 Å². The number of epoxide rings is 3. The lowest BCUT2D eigenvalue weighted by atomic mass is 9.67. The molecule has 22 nitrogen and oxygen atoms in total. The van der Waals surface area contributed by atoms with Crippen molar-refractivity contribution in [2.24, 2.45) is 76.9 Å². The molecule has 0 bridgehead atoms. The van der Waals surface area contributed by atoms with Gasteiger partial charge in [-0.3, -0.25) is 19.2 Å². The second-order valence-corrected chi connectivity index (χ2v) is 42.8. The highest BCUT2D eigenvalue weighted by Gasteiger charge is 2.68. The van der Waals surface area contributed by atoms with Crippen LogP contribution in [0.1, 0.15) is 270 Å². The molecule has 15 aliphatic rings. The van der Waals surface area contributed by atoms with Crippen molar-refractivity contribution in [3.8, 4) is 0 Å². The number of ether oxygens (including phenoxy) is 9. The summed E-state index contributed by atoms with van der Waals surface area (Å²) in [6.45, 7) is 38.1. The van der Waals surface area contributed by atoms with E-state index < -0.39 is 42.7 Å². The maximum absolute atomic E-state index is 12.9. The molecule has 0 aromatic heterocycles. The number of carbonyl (C=O) groups excluding carboxylic acids is 7. The lowest BCUT2D eigenvalue weighted by Gasteiger charge is -2.38. The van der Waals surface area contributed by atoms with Crippen LogP contribution in [0.15, 0.2) is 120 Å². The molecule has 15 rings (SSSR count). The van der Waals surface area contributed by atoms with Crippen LogP contribution in [0.3, 0.4) is 0 Å². The van der Waals surface area contributed by atoms with E-state index in [1.54, 1.807) is 71.9 Å². The fourth-order valence-corrected chi connectivity index (χ4v) is 22.4. The zero-order valence-electron chi connectivity index (χ0n) is 79.1. The Balaban J connectivity index is 0.000000163. The number of hydrogen-bond acceptors (Lipinski definition) is 19. The van der Waals surface area contributed by atoms with Gasteiger partial charge in [-0.1, -0.05) is 125 Å². The van der Waals surface area contributed by atoms with Gasteiger partial charge in [-0.05, 0) is 298 Å². The quantitative estimate of drug-likeness (QED) is 0.0206. The topological polar surface area (TPSA) is 283 Å². The van der Waals surface area contributed by atoms with E-state index in [2.05, 4.69) is 105 Å².